The van der Waals surface area contributed by atoms with Crippen molar-refractivity contribution in [3.05, 3.63) is 35.1 Å². The van der Waals surface area contributed by atoms with E-state index in [1.54, 1.807) is 7.05 Å². The van der Waals surface area contributed by atoms with Gasteiger partial charge in [0, 0.05) is 20.1 Å². The van der Waals surface area contributed by atoms with Crippen LogP contribution >= 0.6 is 11.6 Å². The van der Waals surface area contributed by atoms with Crippen molar-refractivity contribution in [1.29, 1.82) is 0 Å². The van der Waals surface area contributed by atoms with Gasteiger partial charge in [-0.1, -0.05) is 16.8 Å². The van der Waals surface area contributed by atoms with Crippen LogP contribution in [-0.2, 0) is 21.8 Å². The average molecular weight is 386 g/mol. The number of halogens is 1. The maximum Gasteiger partial charge on any atom is 0.277 e. The van der Waals surface area contributed by atoms with Crippen LogP contribution in [0.3, 0.4) is 0 Å². The number of aryl methyl sites for hydroxylation is 1. The fourth-order valence-corrected chi connectivity index (χ4v) is 3.93. The summed E-state index contributed by atoms with van der Waals surface area (Å²) in [6.45, 7) is 1.27. The number of anilines is 1. The minimum Gasteiger partial charge on any atom is -0.379 e. The van der Waals surface area contributed by atoms with Crippen LogP contribution in [0.1, 0.15) is 10.5 Å². The van der Waals surface area contributed by atoms with Gasteiger partial charge in [-0.25, -0.2) is 8.42 Å². The Morgan fingerprint density at radius 3 is 2.68 bits per heavy atom. The van der Waals surface area contributed by atoms with Crippen LogP contribution < -0.4 is 5.32 Å². The van der Waals surface area contributed by atoms with Crippen molar-refractivity contribution < 1.29 is 17.9 Å². The van der Waals surface area contributed by atoms with Gasteiger partial charge in [0.1, 0.15) is 0 Å². The number of sulfonamides is 1. The normalized spacial score (nSPS) is 15.9. The number of aromatic nitrogens is 3. The predicted octanol–water partition coefficient (Wildman–Crippen LogP) is 0.742. The van der Waals surface area contributed by atoms with Crippen LogP contribution in [0.15, 0.2) is 29.3 Å². The number of rotatable bonds is 4. The molecule has 2 heterocycles. The van der Waals surface area contributed by atoms with Gasteiger partial charge in [-0.2, -0.15) is 4.31 Å². The number of nitrogens with zero attached hydrogens (tertiary/aromatic N) is 4. The zero-order valence-electron chi connectivity index (χ0n) is 13.3. The fraction of sp³-hybridized carbons (Fsp3) is 0.357. The zero-order chi connectivity index (χ0) is 18.0. The lowest BCUT2D eigenvalue weighted by atomic mass is 10.3. The maximum absolute atomic E-state index is 12.7. The third-order valence-corrected chi connectivity index (χ3v) is 5.85. The topological polar surface area (TPSA) is 106 Å². The van der Waals surface area contributed by atoms with E-state index < -0.39 is 15.9 Å². The number of ether oxygens (including phenoxy) is 1. The molecular weight excluding hydrogens is 370 g/mol. The molecule has 1 fully saturated rings. The van der Waals surface area contributed by atoms with Crippen molar-refractivity contribution in [2.24, 2.45) is 7.05 Å². The second-order valence-corrected chi connectivity index (χ2v) is 7.73. The van der Waals surface area contributed by atoms with Gasteiger partial charge >= 0.3 is 0 Å². The maximum atomic E-state index is 12.7. The van der Waals surface area contributed by atoms with Crippen LogP contribution in [0.5, 0.6) is 0 Å². The fourth-order valence-electron chi connectivity index (χ4n) is 2.33. The van der Waals surface area contributed by atoms with E-state index >= 15 is 0 Å². The largest absolute Gasteiger partial charge is 0.379 e. The Labute approximate surface area is 149 Å². The summed E-state index contributed by atoms with van der Waals surface area (Å²) in [5.74, 6) is -0.532. The molecule has 3 rings (SSSR count). The highest BCUT2D eigenvalue weighted by atomic mass is 35.5. The molecule has 1 amide bonds. The molecule has 2 aromatic rings. The van der Waals surface area contributed by atoms with E-state index in [1.165, 1.54) is 33.4 Å². The van der Waals surface area contributed by atoms with Crippen molar-refractivity contribution >= 4 is 33.2 Å². The molecule has 1 aliphatic rings. The first-order valence-corrected chi connectivity index (χ1v) is 9.25. The lowest BCUT2D eigenvalue weighted by Crippen LogP contribution is -2.40. The highest BCUT2D eigenvalue weighted by Gasteiger charge is 2.27. The molecule has 0 bridgehead atoms. The van der Waals surface area contributed by atoms with Crippen LogP contribution in [0.2, 0.25) is 5.02 Å². The summed E-state index contributed by atoms with van der Waals surface area (Å²) in [7, 11) is -2.06. The minimum atomic E-state index is -3.69. The molecule has 0 saturated carbocycles. The average Bonchev–Trinajstić information content (AvgIpc) is 3.04. The molecule has 1 aromatic heterocycles. The van der Waals surface area contributed by atoms with Crippen molar-refractivity contribution in [1.82, 2.24) is 19.3 Å². The Kier molecular flexibility index (Phi) is 5.04. The van der Waals surface area contributed by atoms with Gasteiger partial charge in [0.25, 0.3) is 5.91 Å². The first-order valence-electron chi connectivity index (χ1n) is 7.43. The van der Waals surface area contributed by atoms with Gasteiger partial charge in [-0.3, -0.25) is 9.48 Å². The lowest BCUT2D eigenvalue weighted by molar-refractivity contribution is 0.0730. The quantitative estimate of drug-likeness (QED) is 0.832. The second-order valence-electron chi connectivity index (χ2n) is 5.39. The molecule has 1 aromatic carbocycles. The van der Waals surface area contributed by atoms with E-state index in [2.05, 4.69) is 15.6 Å². The van der Waals surface area contributed by atoms with Gasteiger partial charge < -0.3 is 10.1 Å². The van der Waals surface area contributed by atoms with Gasteiger partial charge in [0.05, 0.1) is 35.0 Å². The number of carbonyl (C=O) groups excluding carboxylic acids is 1. The van der Waals surface area contributed by atoms with Gasteiger partial charge in [0.2, 0.25) is 10.0 Å². The number of hydrogen-bond donors (Lipinski definition) is 1. The number of hydrogen-bond acceptors (Lipinski definition) is 6. The van der Waals surface area contributed by atoms with Crippen LogP contribution in [0.4, 0.5) is 5.69 Å². The van der Waals surface area contributed by atoms with Crippen LogP contribution in [-0.4, -0.2) is 59.9 Å². The number of carbonyl (C=O) groups is 1. The van der Waals surface area contributed by atoms with E-state index in [0.717, 1.165) is 0 Å². The SMILES string of the molecule is Cn1cc(C(=O)Nc2cc(S(=O)(=O)N3CCOCC3)ccc2Cl)nn1. The highest BCUT2D eigenvalue weighted by Crippen LogP contribution is 2.27. The highest BCUT2D eigenvalue weighted by molar-refractivity contribution is 7.89. The molecule has 25 heavy (non-hydrogen) atoms. The predicted molar refractivity (Wildman–Crippen MR) is 90.0 cm³/mol. The third-order valence-electron chi connectivity index (χ3n) is 3.63. The van der Waals surface area contributed by atoms with E-state index in [-0.39, 0.29) is 34.4 Å². The molecule has 134 valence electrons. The first kappa shape index (κ1) is 17.8. The van der Waals surface area contributed by atoms with Crippen molar-refractivity contribution in [2.45, 2.75) is 4.90 Å². The third kappa shape index (κ3) is 3.82. The monoisotopic (exact) mass is 385 g/mol. The Hall–Kier alpha value is -2.01. The van der Waals surface area contributed by atoms with E-state index in [0.29, 0.717) is 13.2 Å². The summed E-state index contributed by atoms with van der Waals surface area (Å²) in [5, 5.41) is 10.2. The molecular formula is C14H16ClN5O4S. The Morgan fingerprint density at radius 1 is 1.32 bits per heavy atom. The lowest BCUT2D eigenvalue weighted by Gasteiger charge is -2.26. The Morgan fingerprint density at radius 2 is 2.04 bits per heavy atom. The molecule has 1 N–H and O–H groups in total. The van der Waals surface area contributed by atoms with Gasteiger partial charge in [-0.15, -0.1) is 5.10 Å². The smallest absolute Gasteiger partial charge is 0.277 e. The zero-order valence-corrected chi connectivity index (χ0v) is 14.9. The van der Waals surface area contributed by atoms with E-state index in [4.69, 9.17) is 16.3 Å². The Balaban J connectivity index is 1.86. The summed E-state index contributed by atoms with van der Waals surface area (Å²) in [5.41, 5.74) is 0.284. The number of benzene rings is 1. The first-order chi connectivity index (χ1) is 11.9. The van der Waals surface area contributed by atoms with Crippen molar-refractivity contribution in [3.63, 3.8) is 0 Å². The summed E-state index contributed by atoms with van der Waals surface area (Å²) in [4.78, 5) is 12.2. The second kappa shape index (κ2) is 7.08. The number of amides is 1. The summed E-state index contributed by atoms with van der Waals surface area (Å²) in [6, 6.07) is 4.17. The van der Waals surface area contributed by atoms with Gasteiger partial charge in [-0.05, 0) is 18.2 Å². The molecule has 0 aliphatic carbocycles. The number of morpholine rings is 1. The molecule has 0 radical (unpaired) electrons. The van der Waals surface area contributed by atoms with Gasteiger partial charge in [0.15, 0.2) is 5.69 Å². The van der Waals surface area contributed by atoms with Crippen LogP contribution in [0.25, 0.3) is 0 Å². The Bertz CT molecular complexity index is 892. The van der Waals surface area contributed by atoms with Crippen LogP contribution in [0, 0.1) is 0 Å². The molecule has 0 atom stereocenters. The number of nitrogens with one attached hydrogen (secondary N) is 1. The molecule has 11 heteroatoms. The summed E-state index contributed by atoms with van der Waals surface area (Å²) in [6.07, 6.45) is 1.44. The van der Waals surface area contributed by atoms with E-state index in [1.807, 2.05) is 0 Å². The molecule has 9 nitrogen and oxygen atoms in total. The summed E-state index contributed by atoms with van der Waals surface area (Å²) < 4.78 is 33.3. The summed E-state index contributed by atoms with van der Waals surface area (Å²) >= 11 is 6.08. The van der Waals surface area contributed by atoms with Crippen molar-refractivity contribution in [3.8, 4) is 0 Å². The molecule has 0 spiro atoms. The molecule has 0 unspecified atom stereocenters. The van der Waals surface area contributed by atoms with E-state index in [9.17, 15) is 13.2 Å². The molecule has 1 aliphatic heterocycles. The molecule has 1 saturated heterocycles. The standard InChI is InChI=1S/C14H16ClN5O4S/c1-19-9-13(17-18-19)14(21)16-12-8-10(2-3-11(12)15)25(22,23)20-4-6-24-7-5-20/h2-3,8-9H,4-7H2,1H3,(H,16,21). The van der Waals surface area contributed by atoms with Crippen molar-refractivity contribution in [2.75, 3.05) is 31.6 Å². The minimum absolute atomic E-state index is 0.0493.